The van der Waals surface area contributed by atoms with E-state index in [1.807, 2.05) is 38.1 Å². The zero-order valence-electron chi connectivity index (χ0n) is 26.5. The van der Waals surface area contributed by atoms with Crippen LogP contribution in [0.1, 0.15) is 119 Å². The monoisotopic (exact) mass is 603 g/mol. The maximum atomic E-state index is 13.3. The van der Waals surface area contributed by atoms with Gasteiger partial charge in [-0.25, -0.2) is 9.05 Å². The van der Waals surface area contributed by atoms with Crippen molar-refractivity contribution in [3.05, 3.63) is 46.5 Å². The molecule has 222 valence electrons. The van der Waals surface area contributed by atoms with Crippen LogP contribution < -0.4 is 18.5 Å². The van der Waals surface area contributed by atoms with Gasteiger partial charge in [-0.1, -0.05) is 83.1 Å². The van der Waals surface area contributed by atoms with Crippen molar-refractivity contribution in [2.24, 2.45) is 0 Å². The molecule has 0 aromatic heterocycles. The number of hydrogen-bond acceptors (Lipinski definition) is 5. The summed E-state index contributed by atoms with van der Waals surface area (Å²) in [5.74, 6) is 2.74. The van der Waals surface area contributed by atoms with Gasteiger partial charge in [0.1, 0.15) is 11.5 Å². The van der Waals surface area contributed by atoms with Crippen molar-refractivity contribution in [2.75, 3.05) is 13.2 Å². The molecule has 2 aromatic carbocycles. The second kappa shape index (κ2) is 12.8. The summed E-state index contributed by atoms with van der Waals surface area (Å²) in [5, 5.41) is 0. The summed E-state index contributed by atoms with van der Waals surface area (Å²) in [6, 6.07) is 7.71. The molecule has 2 rings (SSSR count). The molecule has 0 spiro atoms. The molecule has 0 heterocycles. The molecule has 0 radical (unpaired) electrons. The Bertz CT molecular complexity index is 986. The van der Waals surface area contributed by atoms with Crippen molar-refractivity contribution in [1.29, 1.82) is 0 Å². The Morgan fingerprint density at radius 1 is 0.538 bits per heavy atom. The van der Waals surface area contributed by atoms with Gasteiger partial charge in [0, 0.05) is 43.3 Å². The van der Waals surface area contributed by atoms with Crippen LogP contribution in [0.25, 0.3) is 0 Å². The van der Waals surface area contributed by atoms with Gasteiger partial charge in [-0.15, -0.1) is 0 Å². The topological polar surface area (TPSA) is 54.0 Å². The molecule has 0 bridgehead atoms. The number of hydrogen-bond donors (Lipinski definition) is 0. The van der Waals surface area contributed by atoms with Gasteiger partial charge in [0.25, 0.3) is 0 Å². The van der Waals surface area contributed by atoms with Crippen LogP contribution in [-0.2, 0) is 42.7 Å². The van der Waals surface area contributed by atoms with E-state index in [-0.39, 0.29) is 38.2 Å². The molecule has 0 atom stereocenters. The summed E-state index contributed by atoms with van der Waals surface area (Å²) < 4.78 is 37.4. The molecule has 0 aliphatic heterocycles. The predicted octanol–water partition coefficient (Wildman–Crippen LogP) is 9.79. The van der Waals surface area contributed by atoms with Crippen molar-refractivity contribution >= 4 is 8.25 Å². The van der Waals surface area contributed by atoms with Gasteiger partial charge in [0.15, 0.2) is 11.5 Å². The zero-order valence-corrected chi connectivity index (χ0v) is 28.4. The van der Waals surface area contributed by atoms with Gasteiger partial charge in [0.05, 0.1) is 13.2 Å². The predicted molar refractivity (Wildman–Crippen MR) is 159 cm³/mol. The maximum absolute atomic E-state index is 13.3. The first-order chi connectivity index (χ1) is 17.2. The Morgan fingerprint density at radius 2 is 0.769 bits per heavy atom. The van der Waals surface area contributed by atoms with E-state index in [1.165, 1.54) is 0 Å². The second-order valence-electron chi connectivity index (χ2n) is 14.0. The molecule has 39 heavy (non-hydrogen) atoms. The van der Waals surface area contributed by atoms with Crippen molar-refractivity contribution in [1.82, 2.24) is 0 Å². The fraction of sp³-hybridized carbons (Fsp3) is 0.625. The summed E-state index contributed by atoms with van der Waals surface area (Å²) in [5.41, 5.74) is 3.24. The number of rotatable bonds is 8. The third kappa shape index (κ3) is 9.12. The van der Waals surface area contributed by atoms with Crippen LogP contribution in [0.5, 0.6) is 23.0 Å². The molecule has 0 N–H and O–H groups in total. The van der Waals surface area contributed by atoms with E-state index in [9.17, 15) is 4.57 Å². The van der Waals surface area contributed by atoms with Crippen LogP contribution in [0.4, 0.5) is 0 Å². The maximum Gasteiger partial charge on any atom is 0.805 e. The first-order valence-corrected chi connectivity index (χ1v) is 14.8. The van der Waals surface area contributed by atoms with Gasteiger partial charge in [-0.2, -0.15) is 0 Å². The van der Waals surface area contributed by atoms with Crippen molar-refractivity contribution in [3.8, 4) is 23.0 Å². The average Bonchev–Trinajstić information content (AvgIpc) is 2.72. The fourth-order valence-electron chi connectivity index (χ4n) is 4.33. The number of benzene rings is 2. The molecule has 0 saturated heterocycles. The van der Waals surface area contributed by atoms with Crippen LogP contribution in [0.15, 0.2) is 24.3 Å². The number of ether oxygens (including phenoxy) is 2. The Kier molecular flexibility index (Phi) is 11.6. The first-order valence-electron chi connectivity index (χ1n) is 13.7. The second-order valence-corrected chi connectivity index (χ2v) is 14.8. The van der Waals surface area contributed by atoms with Gasteiger partial charge < -0.3 is 9.47 Å². The van der Waals surface area contributed by atoms with Crippen LogP contribution >= 0.6 is 8.25 Å². The minimum atomic E-state index is -2.49. The summed E-state index contributed by atoms with van der Waals surface area (Å²) >= 11 is 0. The molecule has 0 fully saturated rings. The fourth-order valence-corrected chi connectivity index (χ4v) is 4.92. The minimum Gasteiger partial charge on any atom is -0.493 e. The minimum absolute atomic E-state index is 0. The van der Waals surface area contributed by atoms with Crippen LogP contribution in [-0.4, -0.2) is 13.2 Å². The molecule has 2 aromatic rings. The van der Waals surface area contributed by atoms with Crippen LogP contribution in [0.3, 0.4) is 0 Å². The van der Waals surface area contributed by atoms with Crippen molar-refractivity contribution < 1.29 is 39.6 Å². The SMILES string of the molecule is CCOc1c(C(C)(C)C)cc(O[P+](=O)Oc2cc(C(C)(C)C)c(OCC)c(C(C)(C)C)c2)cc1C(C)(C)C.[Ni]. The Labute approximate surface area is 248 Å². The van der Waals surface area contributed by atoms with E-state index < -0.39 is 8.25 Å². The van der Waals surface area contributed by atoms with Gasteiger partial charge in [-0.05, 0) is 59.8 Å². The van der Waals surface area contributed by atoms with E-state index in [0.29, 0.717) is 24.7 Å². The van der Waals surface area contributed by atoms with Crippen LogP contribution in [0, 0.1) is 0 Å². The average molecular weight is 604 g/mol. The smallest absolute Gasteiger partial charge is 0.493 e. The molecule has 7 heteroatoms. The molecular weight excluding hydrogens is 554 g/mol. The first kappa shape index (κ1) is 35.3. The molecule has 0 amide bonds. The Morgan fingerprint density at radius 3 is 0.949 bits per heavy atom. The van der Waals surface area contributed by atoms with E-state index in [0.717, 1.165) is 33.8 Å². The van der Waals surface area contributed by atoms with E-state index in [1.54, 1.807) is 0 Å². The summed E-state index contributed by atoms with van der Waals surface area (Å²) in [7, 11) is -2.49. The van der Waals surface area contributed by atoms with E-state index in [4.69, 9.17) is 18.5 Å². The van der Waals surface area contributed by atoms with E-state index in [2.05, 4.69) is 83.1 Å². The zero-order chi connectivity index (χ0) is 29.3. The Balaban J connectivity index is 0.00000760. The summed E-state index contributed by atoms with van der Waals surface area (Å²) in [6.45, 7) is 30.8. The summed E-state index contributed by atoms with van der Waals surface area (Å²) in [6.07, 6.45) is 0. The molecule has 0 aliphatic carbocycles. The van der Waals surface area contributed by atoms with E-state index >= 15 is 0 Å². The quantitative estimate of drug-likeness (QED) is 0.222. The molecule has 0 saturated carbocycles. The van der Waals surface area contributed by atoms with Gasteiger partial charge >= 0.3 is 8.25 Å². The molecule has 0 aliphatic rings. The molecular formula is C32H50NiO5P+. The van der Waals surface area contributed by atoms with Crippen molar-refractivity contribution in [3.63, 3.8) is 0 Å². The Hall–Kier alpha value is -1.77. The summed E-state index contributed by atoms with van der Waals surface area (Å²) in [4.78, 5) is 0. The van der Waals surface area contributed by atoms with Gasteiger partial charge in [0.2, 0.25) is 0 Å². The molecule has 5 nitrogen and oxygen atoms in total. The van der Waals surface area contributed by atoms with Crippen molar-refractivity contribution in [2.45, 2.75) is 119 Å². The normalized spacial score (nSPS) is 12.5. The standard InChI is InChI=1S/C32H50O5P.Ni/c1-15-34-27-23(29(3,4)5)17-21(18-24(27)30(6,7)8)36-38(33)37-22-19-25(31(9,10)11)28(35-16-2)26(20-22)32(12,13)14;/h17-20H,15-16H2,1-14H3;/q+1;. The largest absolute Gasteiger partial charge is 0.805 e. The third-order valence-corrected chi connectivity index (χ3v) is 7.01. The van der Waals surface area contributed by atoms with Crippen LogP contribution in [0.2, 0.25) is 0 Å². The van der Waals surface area contributed by atoms with Gasteiger partial charge in [-0.3, -0.25) is 0 Å². The third-order valence-electron chi connectivity index (χ3n) is 6.29. The molecule has 0 unspecified atom stereocenters.